The van der Waals surface area contributed by atoms with Crippen LogP contribution in [0.25, 0.3) is 0 Å². The van der Waals surface area contributed by atoms with E-state index in [2.05, 4.69) is 24.1 Å². The summed E-state index contributed by atoms with van der Waals surface area (Å²) in [5.74, 6) is 0. The molecule has 0 spiro atoms. The molecule has 0 amide bonds. The highest BCUT2D eigenvalue weighted by molar-refractivity contribution is 4.99. The van der Waals surface area contributed by atoms with E-state index in [0.29, 0.717) is 12.7 Å². The van der Waals surface area contributed by atoms with Crippen LogP contribution in [-0.4, -0.2) is 18.1 Å². The van der Waals surface area contributed by atoms with Gasteiger partial charge in [0.15, 0.2) is 0 Å². The van der Waals surface area contributed by atoms with Crippen LogP contribution in [-0.2, 0) is 6.54 Å². The maximum atomic E-state index is 5.30. The molecule has 0 bridgehead atoms. The fourth-order valence-electron chi connectivity index (χ4n) is 0.993. The van der Waals surface area contributed by atoms with E-state index >= 15 is 0 Å². The van der Waals surface area contributed by atoms with Crippen molar-refractivity contribution in [3.8, 4) is 6.08 Å². The predicted octanol–water partition coefficient (Wildman–Crippen LogP) is 1.96. The van der Waals surface area contributed by atoms with Crippen molar-refractivity contribution in [3.63, 3.8) is 0 Å². The molecule has 1 rings (SSSR count). The van der Waals surface area contributed by atoms with Crippen molar-refractivity contribution in [1.29, 1.82) is 0 Å². The zero-order valence-electron chi connectivity index (χ0n) is 8.88. The molecule has 0 radical (unpaired) electrons. The average Bonchev–Trinajstić information content (AvgIpc) is 2.63. The first kappa shape index (κ1) is 11.0. The van der Waals surface area contributed by atoms with Crippen molar-refractivity contribution in [2.24, 2.45) is 0 Å². The fraction of sp³-hybridized carbons (Fsp3) is 0.700. The Morgan fingerprint density at radius 3 is 3.07 bits per heavy atom. The molecular weight excluding hydrogens is 180 g/mol. The normalized spacial score (nSPS) is 10.4. The molecular formula is C10H18N2O2. The first-order valence-corrected chi connectivity index (χ1v) is 5.14. The van der Waals surface area contributed by atoms with Gasteiger partial charge in [0.05, 0.1) is 12.3 Å². The second-order valence-electron chi connectivity index (χ2n) is 3.09. The maximum absolute atomic E-state index is 5.30. The minimum absolute atomic E-state index is 0.381. The molecule has 1 aromatic heterocycles. The lowest BCUT2D eigenvalue weighted by atomic mass is 10.4. The molecule has 0 saturated carbocycles. The van der Waals surface area contributed by atoms with Crippen LogP contribution in [0.4, 0.5) is 0 Å². The summed E-state index contributed by atoms with van der Waals surface area (Å²) in [6.07, 6.45) is 4.16. The second kappa shape index (κ2) is 6.43. The number of hydrogen-bond donors (Lipinski definition) is 1. The summed E-state index contributed by atoms with van der Waals surface area (Å²) in [4.78, 5) is 4.17. The molecule has 0 aliphatic rings. The standard InChI is InChI=1S/C10H18N2O2/c1-3-5-6-13-10-12-9(8-14-10)7-11-4-2/h8,11H,3-7H2,1-2H3. The summed E-state index contributed by atoms with van der Waals surface area (Å²) < 4.78 is 10.4. The van der Waals surface area contributed by atoms with E-state index in [1.54, 1.807) is 6.26 Å². The lowest BCUT2D eigenvalue weighted by Crippen LogP contribution is -2.11. The first-order chi connectivity index (χ1) is 6.86. The smallest absolute Gasteiger partial charge is 0.393 e. The highest BCUT2D eigenvalue weighted by Crippen LogP contribution is 2.10. The molecule has 0 aliphatic heterocycles. The van der Waals surface area contributed by atoms with Gasteiger partial charge in [0.25, 0.3) is 0 Å². The predicted molar refractivity (Wildman–Crippen MR) is 54.3 cm³/mol. The summed E-state index contributed by atoms with van der Waals surface area (Å²) in [6.45, 7) is 6.52. The van der Waals surface area contributed by atoms with Crippen molar-refractivity contribution >= 4 is 0 Å². The number of unbranched alkanes of at least 4 members (excludes halogenated alkanes) is 1. The monoisotopic (exact) mass is 198 g/mol. The number of rotatable bonds is 7. The molecule has 80 valence electrons. The zero-order chi connectivity index (χ0) is 10.2. The number of ether oxygens (including phenoxy) is 1. The van der Waals surface area contributed by atoms with Gasteiger partial charge in [-0.15, -0.1) is 0 Å². The molecule has 1 aromatic rings. The highest BCUT2D eigenvalue weighted by Gasteiger charge is 2.03. The number of aromatic nitrogens is 1. The molecule has 0 atom stereocenters. The molecule has 14 heavy (non-hydrogen) atoms. The number of oxazole rings is 1. The van der Waals surface area contributed by atoms with Crippen molar-refractivity contribution in [3.05, 3.63) is 12.0 Å². The van der Waals surface area contributed by atoms with Gasteiger partial charge in [0.1, 0.15) is 6.26 Å². The van der Waals surface area contributed by atoms with E-state index < -0.39 is 0 Å². The van der Waals surface area contributed by atoms with Gasteiger partial charge in [-0.25, -0.2) is 0 Å². The van der Waals surface area contributed by atoms with Crippen LogP contribution in [0.3, 0.4) is 0 Å². The van der Waals surface area contributed by atoms with Crippen LogP contribution in [0.15, 0.2) is 10.7 Å². The summed E-state index contributed by atoms with van der Waals surface area (Å²) in [5, 5.41) is 3.17. The van der Waals surface area contributed by atoms with Crippen LogP contribution in [0, 0.1) is 0 Å². The van der Waals surface area contributed by atoms with Crippen LogP contribution >= 0.6 is 0 Å². The first-order valence-electron chi connectivity index (χ1n) is 5.14. The average molecular weight is 198 g/mol. The number of nitrogens with one attached hydrogen (secondary N) is 1. The summed E-state index contributed by atoms with van der Waals surface area (Å²) >= 11 is 0. The van der Waals surface area contributed by atoms with Crippen LogP contribution in [0.1, 0.15) is 32.4 Å². The van der Waals surface area contributed by atoms with E-state index in [0.717, 1.165) is 31.6 Å². The minimum Gasteiger partial charge on any atom is -0.450 e. The third-order valence-corrected chi connectivity index (χ3v) is 1.81. The van der Waals surface area contributed by atoms with Gasteiger partial charge in [0, 0.05) is 6.54 Å². The molecule has 0 fully saturated rings. The van der Waals surface area contributed by atoms with Crippen LogP contribution < -0.4 is 10.1 Å². The van der Waals surface area contributed by atoms with E-state index in [-0.39, 0.29) is 0 Å². The highest BCUT2D eigenvalue weighted by atomic mass is 16.6. The Hall–Kier alpha value is -1.03. The Morgan fingerprint density at radius 2 is 2.36 bits per heavy atom. The van der Waals surface area contributed by atoms with Crippen LogP contribution in [0.2, 0.25) is 0 Å². The van der Waals surface area contributed by atoms with Gasteiger partial charge in [-0.1, -0.05) is 20.3 Å². The largest absolute Gasteiger partial charge is 0.450 e. The molecule has 0 unspecified atom stereocenters. The lowest BCUT2D eigenvalue weighted by molar-refractivity contribution is 0.226. The molecule has 1 heterocycles. The van der Waals surface area contributed by atoms with Gasteiger partial charge < -0.3 is 14.5 Å². The van der Waals surface area contributed by atoms with E-state index in [4.69, 9.17) is 9.15 Å². The third-order valence-electron chi connectivity index (χ3n) is 1.81. The van der Waals surface area contributed by atoms with Crippen molar-refractivity contribution in [2.45, 2.75) is 33.2 Å². The van der Waals surface area contributed by atoms with Crippen molar-refractivity contribution in [2.75, 3.05) is 13.2 Å². The number of nitrogens with zero attached hydrogens (tertiary/aromatic N) is 1. The van der Waals surface area contributed by atoms with Crippen LogP contribution in [0.5, 0.6) is 6.08 Å². The fourth-order valence-corrected chi connectivity index (χ4v) is 0.993. The quantitative estimate of drug-likeness (QED) is 0.680. The summed E-state index contributed by atoms with van der Waals surface area (Å²) in [5.41, 5.74) is 0.887. The molecule has 0 aliphatic carbocycles. The SMILES string of the molecule is CCCCOc1nc(CNCC)co1. The van der Waals surface area contributed by atoms with Gasteiger partial charge in [-0.3, -0.25) is 0 Å². The van der Waals surface area contributed by atoms with Gasteiger partial charge >= 0.3 is 6.08 Å². The Balaban J connectivity index is 2.27. The third kappa shape index (κ3) is 3.79. The topological polar surface area (TPSA) is 47.3 Å². The van der Waals surface area contributed by atoms with Gasteiger partial charge in [0.2, 0.25) is 0 Å². The Labute approximate surface area is 84.7 Å². The van der Waals surface area contributed by atoms with Crippen molar-refractivity contribution in [1.82, 2.24) is 10.3 Å². The van der Waals surface area contributed by atoms with Crippen molar-refractivity contribution < 1.29 is 9.15 Å². The summed E-state index contributed by atoms with van der Waals surface area (Å²) in [6, 6.07) is 0. The molecule has 0 saturated heterocycles. The Morgan fingerprint density at radius 1 is 1.50 bits per heavy atom. The lowest BCUT2D eigenvalue weighted by Gasteiger charge is -1.97. The molecule has 1 N–H and O–H groups in total. The summed E-state index contributed by atoms with van der Waals surface area (Å²) in [7, 11) is 0. The Bertz CT molecular complexity index is 248. The number of hydrogen-bond acceptors (Lipinski definition) is 4. The van der Waals surface area contributed by atoms with E-state index in [1.165, 1.54) is 0 Å². The zero-order valence-corrected chi connectivity index (χ0v) is 8.88. The van der Waals surface area contributed by atoms with Gasteiger partial charge in [-0.05, 0) is 13.0 Å². The maximum Gasteiger partial charge on any atom is 0.393 e. The molecule has 4 heteroatoms. The second-order valence-corrected chi connectivity index (χ2v) is 3.09. The Kier molecular flexibility index (Phi) is 5.07. The minimum atomic E-state index is 0.381. The van der Waals surface area contributed by atoms with E-state index in [9.17, 15) is 0 Å². The van der Waals surface area contributed by atoms with E-state index in [1.807, 2.05) is 0 Å². The molecule has 4 nitrogen and oxygen atoms in total. The molecule has 0 aromatic carbocycles. The van der Waals surface area contributed by atoms with Gasteiger partial charge in [-0.2, -0.15) is 4.98 Å².